The zero-order chi connectivity index (χ0) is 61.9. The first-order chi connectivity index (χ1) is 41.5. The van der Waals surface area contributed by atoms with Crippen LogP contribution in [0.2, 0.25) is 0 Å². The Kier molecular flexibility index (Phi) is 63.4. The lowest BCUT2D eigenvalue weighted by molar-refractivity contribution is -0.870. The number of hydrogen-bond donors (Lipinski definition) is 2. The van der Waals surface area contributed by atoms with Crippen LogP contribution in [0, 0.1) is 0 Å². The zero-order valence-electron chi connectivity index (χ0n) is 56.3. The Morgan fingerprint density at radius 1 is 0.424 bits per heavy atom. The molecule has 0 saturated carbocycles. The van der Waals surface area contributed by atoms with Gasteiger partial charge in [-0.05, 0) is 96.3 Å². The van der Waals surface area contributed by atoms with Gasteiger partial charge in [-0.1, -0.05) is 322 Å². The van der Waals surface area contributed by atoms with E-state index in [1.165, 1.54) is 212 Å². The summed E-state index contributed by atoms with van der Waals surface area (Å²) in [7, 11) is 1.23. The van der Waals surface area contributed by atoms with Crippen LogP contribution in [-0.4, -0.2) is 68.5 Å². The molecule has 85 heavy (non-hydrogen) atoms. The van der Waals surface area contributed by atoms with Crippen LogP contribution in [0.25, 0.3) is 0 Å². The van der Waals surface area contributed by atoms with Gasteiger partial charge in [-0.15, -0.1) is 0 Å². The Morgan fingerprint density at radius 3 is 1.09 bits per heavy atom. The van der Waals surface area contributed by atoms with Crippen LogP contribution in [0.5, 0.6) is 0 Å². The molecule has 0 heterocycles. The van der Waals surface area contributed by atoms with E-state index < -0.39 is 26.6 Å². The predicted molar refractivity (Wildman–Crippen MR) is 371 cm³/mol. The van der Waals surface area contributed by atoms with Crippen molar-refractivity contribution in [3.05, 3.63) is 109 Å². The molecule has 0 bridgehead atoms. The largest absolute Gasteiger partial charge is 0.756 e. The van der Waals surface area contributed by atoms with Gasteiger partial charge in [0.15, 0.2) is 0 Å². The number of phosphoric ester groups is 1. The molecule has 0 aromatic heterocycles. The molecule has 9 heteroatoms. The number of nitrogens with one attached hydrogen (secondary N) is 1. The van der Waals surface area contributed by atoms with Gasteiger partial charge in [0.1, 0.15) is 13.2 Å². The molecule has 0 radical (unpaired) electrons. The van der Waals surface area contributed by atoms with Gasteiger partial charge in [0, 0.05) is 6.42 Å². The molecule has 0 aromatic carbocycles. The van der Waals surface area contributed by atoms with E-state index in [2.05, 4.69) is 116 Å². The third-order valence-corrected chi connectivity index (χ3v) is 16.7. The Labute approximate surface area is 527 Å². The number of quaternary nitrogens is 1. The summed E-state index contributed by atoms with van der Waals surface area (Å²) in [5.41, 5.74) is 0. The van der Waals surface area contributed by atoms with Crippen LogP contribution >= 0.6 is 7.82 Å². The van der Waals surface area contributed by atoms with Crippen LogP contribution in [-0.2, 0) is 18.4 Å². The molecule has 0 saturated heterocycles. The van der Waals surface area contributed by atoms with Crippen LogP contribution in [0.4, 0.5) is 0 Å². The molecule has 3 unspecified atom stereocenters. The SMILES string of the molecule is CC/C=C\C/C=C\C/C=C\C/C=C\C/C=C\C/C=C\CCCCCCCCCCCCCCCCCCC(=O)NC(COP(=O)([O-])OCC[N+](C)(C)C)C(O)/C=C/CC/C=C/CC/C=C/CCCCCCCCCCCCCCCCCCCC. The lowest BCUT2D eigenvalue weighted by Crippen LogP contribution is -2.45. The van der Waals surface area contributed by atoms with Gasteiger partial charge in [0.2, 0.25) is 5.91 Å². The van der Waals surface area contributed by atoms with Gasteiger partial charge in [-0.2, -0.15) is 0 Å². The Hall–Kier alpha value is -2.84. The third kappa shape index (κ3) is 68.5. The second-order valence-electron chi connectivity index (χ2n) is 25.2. The minimum Gasteiger partial charge on any atom is -0.756 e. The molecule has 2 N–H and O–H groups in total. The van der Waals surface area contributed by atoms with E-state index in [1.54, 1.807) is 6.08 Å². The number of rotatable bonds is 65. The summed E-state index contributed by atoms with van der Waals surface area (Å²) in [6.07, 6.45) is 96.5. The van der Waals surface area contributed by atoms with Crippen molar-refractivity contribution in [3.63, 3.8) is 0 Å². The van der Waals surface area contributed by atoms with Gasteiger partial charge >= 0.3 is 0 Å². The summed E-state index contributed by atoms with van der Waals surface area (Å²) >= 11 is 0. The monoisotopic (exact) mass is 1210 g/mol. The van der Waals surface area contributed by atoms with Crippen molar-refractivity contribution >= 4 is 13.7 Å². The highest BCUT2D eigenvalue weighted by Crippen LogP contribution is 2.38. The molecule has 0 aliphatic rings. The van der Waals surface area contributed by atoms with Crippen molar-refractivity contribution in [1.29, 1.82) is 0 Å². The second kappa shape index (κ2) is 65.6. The van der Waals surface area contributed by atoms with Gasteiger partial charge in [0.25, 0.3) is 7.82 Å². The van der Waals surface area contributed by atoms with Gasteiger partial charge in [-0.25, -0.2) is 0 Å². The quantitative estimate of drug-likeness (QED) is 0.0272. The first-order valence-corrected chi connectivity index (χ1v) is 37.2. The van der Waals surface area contributed by atoms with Gasteiger partial charge < -0.3 is 28.8 Å². The molecule has 0 aromatic rings. The lowest BCUT2D eigenvalue weighted by Gasteiger charge is -2.29. The highest BCUT2D eigenvalue weighted by molar-refractivity contribution is 7.45. The summed E-state index contributed by atoms with van der Waals surface area (Å²) in [4.78, 5) is 25.6. The number of aliphatic hydroxyl groups excluding tert-OH is 1. The number of amides is 1. The molecule has 0 aliphatic heterocycles. The number of likely N-dealkylation sites (N-methyl/N-ethyl adjacent to an activating group) is 1. The third-order valence-electron chi connectivity index (χ3n) is 15.7. The summed E-state index contributed by atoms with van der Waals surface area (Å²) in [6, 6.07) is -0.917. The topological polar surface area (TPSA) is 108 Å². The molecular weight excluding hydrogens is 1070 g/mol. The van der Waals surface area contributed by atoms with Crippen molar-refractivity contribution in [2.45, 2.75) is 328 Å². The van der Waals surface area contributed by atoms with E-state index in [0.717, 1.165) is 83.5 Å². The van der Waals surface area contributed by atoms with E-state index in [0.29, 0.717) is 17.4 Å². The minimum absolute atomic E-state index is 0.0122. The summed E-state index contributed by atoms with van der Waals surface area (Å²) < 4.78 is 23.4. The van der Waals surface area contributed by atoms with Gasteiger partial charge in [-0.3, -0.25) is 9.36 Å². The van der Waals surface area contributed by atoms with Crippen LogP contribution in [0.15, 0.2) is 109 Å². The highest BCUT2D eigenvalue weighted by Gasteiger charge is 2.23. The minimum atomic E-state index is -4.62. The first-order valence-electron chi connectivity index (χ1n) is 35.7. The van der Waals surface area contributed by atoms with Gasteiger partial charge in [0.05, 0.1) is 39.9 Å². The molecule has 0 spiro atoms. The standard InChI is InChI=1S/C76H137N2O6P/c1-6-8-10-12-14-16-18-20-22-24-26-28-30-32-34-36-37-38-39-40-41-42-44-46-48-50-52-54-56-58-60-62-64-66-68-70-76(80)77-74(73-84-85(81,82)83-72-71-78(3,4)5)75(79)69-67-65-63-61-59-57-55-53-51-49-47-45-43-35-33-31-29-27-25-23-21-19-17-15-13-11-9-7-2/h8,10,14,16,20,22,26,28,32,34,37-38,51,53,59,61,67,69,74-75,79H,6-7,9,11-13,15,17-19,21,23-25,27,29-31,33,35-36,39-50,52,54-58,60,62-66,68,70-73H2,1-5H3,(H-,77,80,81,82)/b10-8-,16-14-,22-20-,28-26-,34-32-,38-37-,53-51+,61-59+,69-67+. The predicted octanol–water partition coefficient (Wildman–Crippen LogP) is 22.4. The molecular formula is C76H137N2O6P. The highest BCUT2D eigenvalue weighted by atomic mass is 31.2. The molecule has 3 atom stereocenters. The Balaban J connectivity index is 4.12. The van der Waals surface area contributed by atoms with E-state index in [4.69, 9.17) is 9.05 Å². The van der Waals surface area contributed by atoms with E-state index in [-0.39, 0.29) is 12.5 Å². The molecule has 1 amide bonds. The summed E-state index contributed by atoms with van der Waals surface area (Å²) in [6.45, 7) is 4.53. The number of aliphatic hydroxyl groups is 1. The molecule has 8 nitrogen and oxygen atoms in total. The fourth-order valence-corrected chi connectivity index (χ4v) is 10.9. The average molecular weight is 1210 g/mol. The lowest BCUT2D eigenvalue weighted by atomic mass is 10.0. The number of unbranched alkanes of at least 4 members (excludes halogenated alkanes) is 36. The van der Waals surface area contributed by atoms with Crippen molar-refractivity contribution in [3.8, 4) is 0 Å². The molecule has 492 valence electrons. The van der Waals surface area contributed by atoms with Crippen molar-refractivity contribution in [2.75, 3.05) is 40.9 Å². The maximum atomic E-state index is 13.0. The molecule has 0 aliphatic carbocycles. The maximum absolute atomic E-state index is 13.0. The van der Waals surface area contributed by atoms with E-state index in [1.807, 2.05) is 27.2 Å². The summed E-state index contributed by atoms with van der Waals surface area (Å²) in [5, 5.41) is 13.9. The van der Waals surface area contributed by atoms with Crippen molar-refractivity contribution in [1.82, 2.24) is 5.32 Å². The van der Waals surface area contributed by atoms with E-state index in [9.17, 15) is 19.4 Å². The Morgan fingerprint density at radius 2 is 0.729 bits per heavy atom. The van der Waals surface area contributed by atoms with Crippen molar-refractivity contribution < 1.29 is 32.9 Å². The zero-order valence-corrected chi connectivity index (χ0v) is 57.2. The van der Waals surface area contributed by atoms with Crippen LogP contribution in [0.3, 0.4) is 0 Å². The normalized spacial score (nSPS) is 14.3. The second-order valence-corrected chi connectivity index (χ2v) is 26.6. The number of carbonyl (C=O) groups is 1. The molecule has 0 rings (SSSR count). The summed E-state index contributed by atoms with van der Waals surface area (Å²) in [5.74, 6) is -0.211. The van der Waals surface area contributed by atoms with Crippen molar-refractivity contribution in [2.24, 2.45) is 0 Å². The smallest absolute Gasteiger partial charge is 0.268 e. The number of hydrogen-bond acceptors (Lipinski definition) is 6. The number of carbonyl (C=O) groups excluding carboxylic acids is 1. The fourth-order valence-electron chi connectivity index (χ4n) is 10.2. The number of nitrogens with zero attached hydrogens (tertiary/aromatic N) is 1. The number of allylic oxidation sites excluding steroid dienone is 17. The average Bonchev–Trinajstić information content (AvgIpc) is 3.48. The Bertz CT molecular complexity index is 1760. The molecule has 0 fully saturated rings. The maximum Gasteiger partial charge on any atom is 0.268 e. The first kappa shape index (κ1) is 82.2. The van der Waals surface area contributed by atoms with Crippen LogP contribution in [0.1, 0.15) is 316 Å². The van der Waals surface area contributed by atoms with Crippen LogP contribution < -0.4 is 10.2 Å². The fraction of sp³-hybridized carbons (Fsp3) is 0.750. The van der Waals surface area contributed by atoms with E-state index >= 15 is 0 Å². The number of phosphoric acid groups is 1.